The van der Waals surface area contributed by atoms with Gasteiger partial charge < -0.3 is 11.5 Å². The molecular weight excluding hydrogens is 238 g/mol. The molecule has 0 aliphatic carbocycles. The van der Waals surface area contributed by atoms with Crippen LogP contribution in [-0.2, 0) is 4.79 Å². The largest absolute Gasteiger partial charge is 0.369 e. The van der Waals surface area contributed by atoms with E-state index in [1.165, 1.54) is 0 Å². The second-order valence-corrected chi connectivity index (χ2v) is 4.68. The first-order chi connectivity index (χ1) is 7.91. The van der Waals surface area contributed by atoms with Crippen LogP contribution in [0.25, 0.3) is 0 Å². The number of primary amides is 1. The summed E-state index contributed by atoms with van der Waals surface area (Å²) in [7, 11) is 1.82. The number of hydrogen-bond acceptors (Lipinski definition) is 3. The van der Waals surface area contributed by atoms with Gasteiger partial charge in [-0.1, -0.05) is 23.7 Å². The number of rotatable bonds is 5. The second-order valence-electron chi connectivity index (χ2n) is 4.24. The Morgan fingerprint density at radius 1 is 1.53 bits per heavy atom. The lowest BCUT2D eigenvalue weighted by Crippen LogP contribution is -2.41. The van der Waals surface area contributed by atoms with Gasteiger partial charge >= 0.3 is 0 Å². The molecule has 4 N–H and O–H groups in total. The molecule has 5 heteroatoms. The van der Waals surface area contributed by atoms with E-state index in [1.807, 2.05) is 37.1 Å². The van der Waals surface area contributed by atoms with Crippen LogP contribution in [0.5, 0.6) is 0 Å². The average Bonchev–Trinajstić information content (AvgIpc) is 2.15. The predicted octanol–water partition coefficient (Wildman–Crippen LogP) is 1.15. The van der Waals surface area contributed by atoms with Crippen molar-refractivity contribution in [3.63, 3.8) is 0 Å². The van der Waals surface area contributed by atoms with Crippen molar-refractivity contribution in [3.05, 3.63) is 34.9 Å². The third-order valence-electron chi connectivity index (χ3n) is 2.57. The van der Waals surface area contributed by atoms with E-state index in [0.717, 1.165) is 5.56 Å². The molecule has 0 spiro atoms. The number of benzene rings is 1. The van der Waals surface area contributed by atoms with Gasteiger partial charge in [-0.05, 0) is 31.7 Å². The van der Waals surface area contributed by atoms with Gasteiger partial charge in [0.15, 0.2) is 0 Å². The number of nitrogens with two attached hydrogens (primary N) is 2. The van der Waals surface area contributed by atoms with Crippen molar-refractivity contribution >= 4 is 17.5 Å². The van der Waals surface area contributed by atoms with E-state index in [2.05, 4.69) is 0 Å². The molecule has 1 rings (SSSR count). The number of carbonyl (C=O) groups excluding carboxylic acids is 1. The Hall–Kier alpha value is -1.10. The molecule has 94 valence electrons. The first-order valence-electron chi connectivity index (χ1n) is 5.41. The average molecular weight is 256 g/mol. The molecule has 2 unspecified atom stereocenters. The Bertz CT molecular complexity index is 395. The maximum atomic E-state index is 10.9. The number of halogens is 1. The normalized spacial score (nSPS) is 14.6. The molecule has 1 aromatic carbocycles. The third-order valence-corrected chi connectivity index (χ3v) is 2.80. The first-order valence-corrected chi connectivity index (χ1v) is 5.79. The van der Waals surface area contributed by atoms with E-state index in [4.69, 9.17) is 23.1 Å². The molecule has 4 nitrogen and oxygen atoms in total. The highest BCUT2D eigenvalue weighted by Crippen LogP contribution is 2.24. The van der Waals surface area contributed by atoms with Gasteiger partial charge in [0.2, 0.25) is 5.91 Å². The molecule has 0 heterocycles. The number of carbonyl (C=O) groups is 1. The van der Waals surface area contributed by atoms with Gasteiger partial charge in [0.05, 0.1) is 6.54 Å². The fourth-order valence-corrected chi connectivity index (χ4v) is 2.19. The van der Waals surface area contributed by atoms with Crippen molar-refractivity contribution in [2.45, 2.75) is 19.0 Å². The summed E-state index contributed by atoms with van der Waals surface area (Å²) < 4.78 is 0. The third kappa shape index (κ3) is 4.00. The number of nitrogens with zero attached hydrogens (tertiary/aromatic N) is 1. The maximum absolute atomic E-state index is 10.9. The molecule has 2 atom stereocenters. The highest BCUT2D eigenvalue weighted by Gasteiger charge is 2.22. The Kier molecular flexibility index (Phi) is 4.93. The smallest absolute Gasteiger partial charge is 0.231 e. The summed E-state index contributed by atoms with van der Waals surface area (Å²) in [4.78, 5) is 12.8. The van der Waals surface area contributed by atoms with Crippen molar-refractivity contribution in [1.82, 2.24) is 4.90 Å². The fraction of sp³-hybridized carbons (Fsp3) is 0.417. The molecule has 0 bridgehead atoms. The lowest BCUT2D eigenvalue weighted by Gasteiger charge is -2.30. The monoisotopic (exact) mass is 255 g/mol. The van der Waals surface area contributed by atoms with Gasteiger partial charge in [0.1, 0.15) is 0 Å². The van der Waals surface area contributed by atoms with E-state index >= 15 is 0 Å². The van der Waals surface area contributed by atoms with Crippen LogP contribution >= 0.6 is 11.6 Å². The zero-order valence-corrected chi connectivity index (χ0v) is 10.8. The molecule has 0 saturated heterocycles. The van der Waals surface area contributed by atoms with Crippen LogP contribution in [0.3, 0.4) is 0 Å². The van der Waals surface area contributed by atoms with Crippen molar-refractivity contribution in [2.24, 2.45) is 11.5 Å². The fourth-order valence-electron chi connectivity index (χ4n) is 1.99. The van der Waals surface area contributed by atoms with Gasteiger partial charge in [-0.25, -0.2) is 0 Å². The minimum atomic E-state index is -0.375. The van der Waals surface area contributed by atoms with Crippen LogP contribution < -0.4 is 11.5 Å². The summed E-state index contributed by atoms with van der Waals surface area (Å²) in [6, 6.07) is 7.26. The van der Waals surface area contributed by atoms with Gasteiger partial charge in [-0.15, -0.1) is 0 Å². The minimum Gasteiger partial charge on any atom is -0.369 e. The van der Waals surface area contributed by atoms with Crippen molar-refractivity contribution in [2.75, 3.05) is 13.6 Å². The van der Waals surface area contributed by atoms with Crippen LogP contribution in [0, 0.1) is 0 Å². The lowest BCUT2D eigenvalue weighted by molar-refractivity contribution is -0.119. The van der Waals surface area contributed by atoms with E-state index in [0.29, 0.717) is 5.02 Å². The van der Waals surface area contributed by atoms with E-state index in [1.54, 1.807) is 6.07 Å². The molecule has 0 fully saturated rings. The minimum absolute atomic E-state index is 0.0822. The highest BCUT2D eigenvalue weighted by atomic mass is 35.5. The molecule has 0 saturated carbocycles. The van der Waals surface area contributed by atoms with Crippen LogP contribution in [0.15, 0.2) is 24.3 Å². The summed E-state index contributed by atoms with van der Waals surface area (Å²) in [6.45, 7) is 2.06. The van der Waals surface area contributed by atoms with Gasteiger partial charge in [0.25, 0.3) is 0 Å². The zero-order chi connectivity index (χ0) is 13.0. The summed E-state index contributed by atoms with van der Waals surface area (Å²) >= 11 is 5.95. The Morgan fingerprint density at radius 2 is 2.18 bits per heavy atom. The SMILES string of the molecule is CC(N)C(c1cccc(Cl)c1)N(C)CC(N)=O. The molecule has 0 aliphatic rings. The predicted molar refractivity (Wildman–Crippen MR) is 69.7 cm³/mol. The summed E-state index contributed by atoms with van der Waals surface area (Å²) in [6.07, 6.45) is 0. The molecule has 1 aromatic rings. The Morgan fingerprint density at radius 3 is 2.65 bits per heavy atom. The van der Waals surface area contributed by atoms with Crippen LogP contribution in [0.4, 0.5) is 0 Å². The van der Waals surface area contributed by atoms with Crippen LogP contribution in [0.2, 0.25) is 5.02 Å². The van der Waals surface area contributed by atoms with Crippen LogP contribution in [-0.4, -0.2) is 30.4 Å². The lowest BCUT2D eigenvalue weighted by atomic mass is 9.99. The zero-order valence-electron chi connectivity index (χ0n) is 10.1. The highest BCUT2D eigenvalue weighted by molar-refractivity contribution is 6.30. The van der Waals surface area contributed by atoms with Crippen LogP contribution in [0.1, 0.15) is 18.5 Å². The van der Waals surface area contributed by atoms with Crippen molar-refractivity contribution < 1.29 is 4.79 Å². The molecular formula is C12H18ClN3O. The molecule has 0 aliphatic heterocycles. The van der Waals surface area contributed by atoms with E-state index in [9.17, 15) is 4.79 Å². The van der Waals surface area contributed by atoms with Crippen molar-refractivity contribution in [1.29, 1.82) is 0 Å². The number of hydrogen-bond donors (Lipinski definition) is 2. The van der Waals surface area contributed by atoms with Crippen molar-refractivity contribution in [3.8, 4) is 0 Å². The van der Waals surface area contributed by atoms with Gasteiger partial charge in [0, 0.05) is 17.1 Å². The summed E-state index contributed by atoms with van der Waals surface area (Å²) in [5.41, 5.74) is 12.1. The maximum Gasteiger partial charge on any atom is 0.231 e. The molecule has 0 radical (unpaired) electrons. The van der Waals surface area contributed by atoms with Gasteiger partial charge in [-0.3, -0.25) is 9.69 Å². The van der Waals surface area contributed by atoms with Gasteiger partial charge in [-0.2, -0.15) is 0 Å². The molecule has 1 amide bonds. The first kappa shape index (κ1) is 14.0. The summed E-state index contributed by atoms with van der Waals surface area (Å²) in [5, 5.41) is 0.653. The Labute approximate surface area is 107 Å². The number of amides is 1. The second kappa shape index (κ2) is 6.00. The van der Waals surface area contributed by atoms with E-state index in [-0.39, 0.29) is 24.5 Å². The molecule has 0 aromatic heterocycles. The number of likely N-dealkylation sites (N-methyl/N-ethyl adjacent to an activating group) is 1. The van der Waals surface area contributed by atoms with E-state index < -0.39 is 0 Å². The quantitative estimate of drug-likeness (QED) is 0.829. The Balaban J connectivity index is 2.96. The molecule has 17 heavy (non-hydrogen) atoms. The summed E-state index contributed by atoms with van der Waals surface area (Å²) in [5.74, 6) is -0.375. The standard InChI is InChI=1S/C12H18ClN3O/c1-8(14)12(16(2)7-11(15)17)9-4-3-5-10(13)6-9/h3-6,8,12H,7,14H2,1-2H3,(H2,15,17). The topological polar surface area (TPSA) is 72.3 Å².